The Labute approximate surface area is 138 Å². The molecule has 5 heteroatoms. The second kappa shape index (κ2) is 6.04. The van der Waals surface area contributed by atoms with Crippen molar-refractivity contribution in [2.75, 3.05) is 0 Å². The van der Waals surface area contributed by atoms with E-state index in [2.05, 4.69) is 10.1 Å². The van der Waals surface area contributed by atoms with Crippen LogP contribution in [0.1, 0.15) is 5.56 Å². The summed E-state index contributed by atoms with van der Waals surface area (Å²) < 4.78 is 7.74. The van der Waals surface area contributed by atoms with Crippen molar-refractivity contribution in [3.8, 4) is 17.0 Å². The third-order valence-electron chi connectivity index (χ3n) is 3.82. The maximum Gasteiger partial charge on any atom is 0.248 e. The average Bonchev–Trinajstić information content (AvgIpc) is 3.10. The number of H-pyrrole nitrogens is 1. The maximum absolute atomic E-state index is 11.6. The van der Waals surface area contributed by atoms with E-state index in [0.717, 1.165) is 28.1 Å². The van der Waals surface area contributed by atoms with Crippen LogP contribution in [0.4, 0.5) is 0 Å². The van der Waals surface area contributed by atoms with Crippen LogP contribution in [0.15, 0.2) is 77.9 Å². The number of nitrogens with one attached hydrogen (secondary N) is 1. The summed E-state index contributed by atoms with van der Waals surface area (Å²) in [6.45, 7) is 0.492. The van der Waals surface area contributed by atoms with Crippen molar-refractivity contribution in [2.45, 2.75) is 6.61 Å². The first-order valence-electron chi connectivity index (χ1n) is 7.64. The van der Waals surface area contributed by atoms with E-state index in [-0.39, 0.29) is 5.56 Å². The van der Waals surface area contributed by atoms with Gasteiger partial charge in [-0.25, -0.2) is 4.52 Å². The van der Waals surface area contributed by atoms with E-state index in [1.807, 2.05) is 54.6 Å². The summed E-state index contributed by atoms with van der Waals surface area (Å²) in [5.74, 6) is 0.755. The molecule has 0 aliphatic carbocycles. The molecule has 3 aromatic heterocycles. The number of benzene rings is 1. The molecule has 0 spiro atoms. The number of hydrogen-bond donors (Lipinski definition) is 1. The highest BCUT2D eigenvalue weighted by Gasteiger charge is 2.10. The quantitative estimate of drug-likeness (QED) is 0.628. The molecule has 0 amide bonds. The van der Waals surface area contributed by atoms with Crippen molar-refractivity contribution < 1.29 is 4.74 Å². The lowest BCUT2D eigenvalue weighted by atomic mass is 10.1. The first-order valence-corrected chi connectivity index (χ1v) is 7.64. The number of aromatic nitrogens is 3. The monoisotopic (exact) mass is 317 g/mol. The Morgan fingerprint density at radius 3 is 2.75 bits per heavy atom. The summed E-state index contributed by atoms with van der Waals surface area (Å²) in [4.78, 5) is 14.2. The van der Waals surface area contributed by atoms with Crippen molar-refractivity contribution >= 4 is 5.52 Å². The predicted octanol–water partition coefficient (Wildman–Crippen LogP) is 3.27. The molecule has 0 atom stereocenters. The highest BCUT2D eigenvalue weighted by molar-refractivity contribution is 5.69. The minimum atomic E-state index is -0.141. The fourth-order valence-electron chi connectivity index (χ4n) is 2.67. The molecule has 4 rings (SSSR count). The zero-order valence-electron chi connectivity index (χ0n) is 12.8. The lowest BCUT2D eigenvalue weighted by Crippen LogP contribution is -2.04. The molecule has 1 aromatic carbocycles. The van der Waals surface area contributed by atoms with Gasteiger partial charge in [0.2, 0.25) is 5.56 Å². The second-order valence-corrected chi connectivity index (χ2v) is 5.43. The van der Waals surface area contributed by atoms with Crippen molar-refractivity contribution in [1.82, 2.24) is 14.6 Å². The Morgan fingerprint density at radius 2 is 1.92 bits per heavy atom. The molecule has 24 heavy (non-hydrogen) atoms. The number of rotatable bonds is 4. The molecular weight excluding hydrogens is 302 g/mol. The molecule has 0 bridgehead atoms. The van der Waals surface area contributed by atoms with Crippen LogP contribution >= 0.6 is 0 Å². The SMILES string of the molecule is O=c1cc(-c2ccc(OCc3ccccc3)c3ccnn23)cc[nH]1. The van der Waals surface area contributed by atoms with E-state index >= 15 is 0 Å². The van der Waals surface area contributed by atoms with Crippen LogP contribution in [0, 0.1) is 0 Å². The molecule has 0 radical (unpaired) electrons. The van der Waals surface area contributed by atoms with Crippen molar-refractivity contribution in [1.29, 1.82) is 0 Å². The van der Waals surface area contributed by atoms with Gasteiger partial charge in [-0.05, 0) is 29.8 Å². The van der Waals surface area contributed by atoms with E-state index in [1.54, 1.807) is 23.0 Å². The molecule has 0 saturated carbocycles. The van der Waals surface area contributed by atoms with Gasteiger partial charge in [0.1, 0.15) is 17.9 Å². The fourth-order valence-corrected chi connectivity index (χ4v) is 2.67. The van der Waals surface area contributed by atoms with E-state index in [1.165, 1.54) is 0 Å². The minimum Gasteiger partial charge on any atom is -0.487 e. The molecule has 3 heterocycles. The number of nitrogens with zero attached hydrogens (tertiary/aromatic N) is 2. The van der Waals surface area contributed by atoms with Gasteiger partial charge in [-0.2, -0.15) is 5.10 Å². The van der Waals surface area contributed by atoms with Gasteiger partial charge in [-0.1, -0.05) is 30.3 Å². The minimum absolute atomic E-state index is 0.141. The predicted molar refractivity (Wildman–Crippen MR) is 92.0 cm³/mol. The number of ether oxygens (including phenoxy) is 1. The summed E-state index contributed by atoms with van der Waals surface area (Å²) in [5.41, 5.74) is 3.48. The van der Waals surface area contributed by atoms with Crippen molar-refractivity contribution in [3.05, 3.63) is 89.0 Å². The third kappa shape index (κ3) is 2.67. The van der Waals surface area contributed by atoms with Crippen LogP contribution in [0.5, 0.6) is 5.75 Å². The van der Waals surface area contributed by atoms with E-state index < -0.39 is 0 Å². The van der Waals surface area contributed by atoms with E-state index in [9.17, 15) is 4.79 Å². The average molecular weight is 317 g/mol. The molecule has 0 saturated heterocycles. The second-order valence-electron chi connectivity index (χ2n) is 5.43. The highest BCUT2D eigenvalue weighted by atomic mass is 16.5. The van der Waals surface area contributed by atoms with Crippen molar-refractivity contribution in [2.24, 2.45) is 0 Å². The summed E-state index contributed by atoms with van der Waals surface area (Å²) in [6, 6.07) is 19.1. The lowest BCUT2D eigenvalue weighted by molar-refractivity contribution is 0.308. The molecule has 0 fully saturated rings. The summed E-state index contributed by atoms with van der Waals surface area (Å²) in [6.07, 6.45) is 3.36. The van der Waals surface area contributed by atoms with Crippen LogP contribution in [0.25, 0.3) is 16.8 Å². The lowest BCUT2D eigenvalue weighted by Gasteiger charge is -2.11. The van der Waals surface area contributed by atoms with Gasteiger partial charge in [-0.3, -0.25) is 4.79 Å². The van der Waals surface area contributed by atoms with Crippen LogP contribution < -0.4 is 10.3 Å². The Bertz CT molecular complexity index is 1040. The number of aromatic amines is 1. The molecule has 0 aliphatic heterocycles. The van der Waals surface area contributed by atoms with Crippen LogP contribution in [-0.2, 0) is 6.61 Å². The number of hydrogen-bond acceptors (Lipinski definition) is 3. The van der Waals surface area contributed by atoms with Gasteiger partial charge in [-0.15, -0.1) is 0 Å². The van der Waals surface area contributed by atoms with Gasteiger partial charge >= 0.3 is 0 Å². The highest BCUT2D eigenvalue weighted by Crippen LogP contribution is 2.26. The molecule has 5 nitrogen and oxygen atoms in total. The number of pyridine rings is 2. The third-order valence-corrected chi connectivity index (χ3v) is 3.82. The van der Waals surface area contributed by atoms with Gasteiger partial charge in [0.15, 0.2) is 0 Å². The van der Waals surface area contributed by atoms with Crippen LogP contribution in [0.2, 0.25) is 0 Å². The van der Waals surface area contributed by atoms with Crippen molar-refractivity contribution in [3.63, 3.8) is 0 Å². The van der Waals surface area contributed by atoms with Crippen LogP contribution in [0.3, 0.4) is 0 Å². The normalized spacial score (nSPS) is 10.8. The number of fused-ring (bicyclic) bond motifs is 1. The molecule has 1 N–H and O–H groups in total. The zero-order chi connectivity index (χ0) is 16.4. The smallest absolute Gasteiger partial charge is 0.248 e. The molecule has 4 aromatic rings. The Kier molecular flexibility index (Phi) is 3.59. The van der Waals surface area contributed by atoms with Gasteiger partial charge in [0.05, 0.1) is 11.9 Å². The topological polar surface area (TPSA) is 59.4 Å². The summed E-state index contributed by atoms with van der Waals surface area (Å²) in [7, 11) is 0. The first kappa shape index (κ1) is 14.3. The van der Waals surface area contributed by atoms with E-state index in [4.69, 9.17) is 4.74 Å². The molecular formula is C19H15N3O2. The molecule has 0 aliphatic rings. The first-order chi connectivity index (χ1) is 11.8. The fraction of sp³-hybridized carbons (Fsp3) is 0.0526. The Morgan fingerprint density at radius 1 is 1.04 bits per heavy atom. The van der Waals surface area contributed by atoms with E-state index in [0.29, 0.717) is 6.61 Å². The summed E-state index contributed by atoms with van der Waals surface area (Å²) >= 11 is 0. The Hall–Kier alpha value is -3.34. The zero-order valence-corrected chi connectivity index (χ0v) is 12.8. The van der Waals surface area contributed by atoms with Crippen LogP contribution in [-0.4, -0.2) is 14.6 Å². The maximum atomic E-state index is 11.6. The van der Waals surface area contributed by atoms with Gasteiger partial charge in [0, 0.05) is 17.8 Å². The summed E-state index contributed by atoms with van der Waals surface area (Å²) in [5, 5.41) is 4.36. The standard InChI is InChI=1S/C19H15N3O2/c23-19-12-15(8-10-20-19)16-6-7-18(17-9-11-21-22(16)17)24-13-14-4-2-1-3-5-14/h1-12H,13H2,(H,20,23). The molecule has 0 unspecified atom stereocenters. The van der Waals surface area contributed by atoms with Gasteiger partial charge < -0.3 is 9.72 Å². The Balaban J connectivity index is 1.71. The largest absolute Gasteiger partial charge is 0.487 e. The van der Waals surface area contributed by atoms with Gasteiger partial charge in [0.25, 0.3) is 0 Å². The molecule has 118 valence electrons.